The molecule has 0 fully saturated rings. The highest BCUT2D eigenvalue weighted by Crippen LogP contribution is 2.26. The highest BCUT2D eigenvalue weighted by Gasteiger charge is 2.26. The molecule has 4 heteroatoms. The number of hydrogen-bond donors (Lipinski definition) is 2. The Bertz CT molecular complexity index is 684. The second-order valence-corrected chi connectivity index (χ2v) is 6.69. The average Bonchev–Trinajstić information content (AvgIpc) is 3.03. The Labute approximate surface area is 144 Å². The molecular formula is C20H27N3O+2. The Hall–Kier alpha value is -2.17. The van der Waals surface area contributed by atoms with Crippen molar-refractivity contribution in [3.63, 3.8) is 0 Å². The zero-order valence-corrected chi connectivity index (χ0v) is 14.5. The van der Waals surface area contributed by atoms with E-state index in [1.807, 2.05) is 23.1 Å². The largest absolute Gasteiger partial charge is 0.333 e. The minimum absolute atomic E-state index is 0.209. The number of nitrogens with two attached hydrogens (primary N) is 1. The predicted molar refractivity (Wildman–Crippen MR) is 96.2 cm³/mol. The number of nitrogens with zero attached hydrogens (tertiary/aromatic N) is 1. The number of quaternary nitrogens is 2. The molecule has 2 aromatic carbocycles. The van der Waals surface area contributed by atoms with Gasteiger partial charge in [0.05, 0.1) is 14.1 Å². The Morgan fingerprint density at radius 2 is 1.83 bits per heavy atom. The van der Waals surface area contributed by atoms with E-state index in [-0.39, 0.29) is 5.91 Å². The Morgan fingerprint density at radius 3 is 2.58 bits per heavy atom. The van der Waals surface area contributed by atoms with Crippen LogP contribution < -0.4 is 15.1 Å². The van der Waals surface area contributed by atoms with Crippen molar-refractivity contribution in [3.05, 3.63) is 65.7 Å². The fourth-order valence-electron chi connectivity index (χ4n) is 3.47. The molecule has 0 radical (unpaired) electrons. The lowest BCUT2D eigenvalue weighted by atomic mass is 10.1. The maximum absolute atomic E-state index is 12.6. The molecule has 1 heterocycles. The summed E-state index contributed by atoms with van der Waals surface area (Å²) in [6.07, 6.45) is 0.969. The number of nitrogens with one attached hydrogen (secondary N) is 1. The van der Waals surface area contributed by atoms with Crippen molar-refractivity contribution in [2.24, 2.45) is 0 Å². The van der Waals surface area contributed by atoms with E-state index in [0.717, 1.165) is 25.2 Å². The van der Waals surface area contributed by atoms with E-state index in [0.29, 0.717) is 12.6 Å². The lowest BCUT2D eigenvalue weighted by molar-refractivity contribution is -0.908. The summed E-state index contributed by atoms with van der Waals surface area (Å²) in [4.78, 5) is 15.9. The first kappa shape index (κ1) is 16.7. The Morgan fingerprint density at radius 1 is 1.12 bits per heavy atom. The summed E-state index contributed by atoms with van der Waals surface area (Å²) in [6, 6.07) is 19.2. The van der Waals surface area contributed by atoms with Crippen LogP contribution in [0.15, 0.2) is 54.6 Å². The number of likely N-dealkylation sites (N-methyl/N-ethyl adjacent to an activating group) is 1. The molecule has 0 unspecified atom stereocenters. The van der Waals surface area contributed by atoms with Crippen LogP contribution >= 0.6 is 0 Å². The predicted octanol–water partition coefficient (Wildman–Crippen LogP) is 0.0249. The third-order valence-electron chi connectivity index (χ3n) is 4.81. The van der Waals surface area contributed by atoms with Crippen molar-refractivity contribution in [2.45, 2.75) is 12.5 Å². The van der Waals surface area contributed by atoms with Crippen LogP contribution in [-0.2, 0) is 11.2 Å². The molecule has 0 saturated carbocycles. The summed E-state index contributed by atoms with van der Waals surface area (Å²) in [5, 5.41) is 2.15. The molecule has 0 saturated heterocycles. The van der Waals surface area contributed by atoms with E-state index in [9.17, 15) is 4.79 Å². The van der Waals surface area contributed by atoms with Crippen LogP contribution in [0.4, 0.5) is 5.69 Å². The number of amides is 1. The van der Waals surface area contributed by atoms with E-state index < -0.39 is 0 Å². The van der Waals surface area contributed by atoms with Crippen molar-refractivity contribution in [1.82, 2.24) is 0 Å². The minimum atomic E-state index is 0.209. The maximum atomic E-state index is 12.6. The topological polar surface area (TPSA) is 41.4 Å². The van der Waals surface area contributed by atoms with Crippen molar-refractivity contribution >= 4 is 11.6 Å². The second-order valence-electron chi connectivity index (χ2n) is 6.69. The lowest BCUT2D eigenvalue weighted by Gasteiger charge is -2.21. The molecule has 1 amide bonds. The molecule has 126 valence electrons. The van der Waals surface area contributed by atoms with Gasteiger partial charge in [-0.25, -0.2) is 0 Å². The number of rotatable bonds is 6. The molecule has 24 heavy (non-hydrogen) atoms. The molecule has 0 aliphatic carbocycles. The molecule has 4 nitrogen and oxygen atoms in total. The molecule has 1 aliphatic heterocycles. The molecular weight excluding hydrogens is 298 g/mol. The van der Waals surface area contributed by atoms with Gasteiger partial charge in [-0.1, -0.05) is 48.5 Å². The summed E-state index contributed by atoms with van der Waals surface area (Å²) in [5.41, 5.74) is 3.70. The van der Waals surface area contributed by atoms with E-state index in [1.54, 1.807) is 0 Å². The van der Waals surface area contributed by atoms with Crippen LogP contribution in [0.1, 0.15) is 17.2 Å². The SMILES string of the molecule is C[NH+](C)[C@H](C[NH2+]CC(=O)N1CCc2ccccc21)c1ccccc1. The average molecular weight is 325 g/mol. The van der Waals surface area contributed by atoms with E-state index in [2.05, 4.69) is 55.8 Å². The van der Waals surface area contributed by atoms with Crippen LogP contribution in [0.25, 0.3) is 0 Å². The molecule has 0 aromatic heterocycles. The number of carbonyl (C=O) groups is 1. The van der Waals surface area contributed by atoms with E-state index >= 15 is 0 Å². The molecule has 1 atom stereocenters. The van der Waals surface area contributed by atoms with Crippen LogP contribution in [0, 0.1) is 0 Å². The van der Waals surface area contributed by atoms with Crippen LogP contribution in [0.5, 0.6) is 0 Å². The number of fused-ring (bicyclic) bond motifs is 1. The third kappa shape index (κ3) is 3.66. The standard InChI is InChI=1S/C20H25N3O/c1-22(2)19(16-8-4-3-5-9-16)14-21-15-20(24)23-13-12-17-10-6-7-11-18(17)23/h3-11,19,21H,12-15H2,1-2H3/p+2/t19-/m1/s1. The number of anilines is 1. The normalized spacial score (nSPS) is 14.7. The Balaban J connectivity index is 1.57. The maximum Gasteiger partial charge on any atom is 0.282 e. The highest BCUT2D eigenvalue weighted by molar-refractivity contribution is 5.96. The monoisotopic (exact) mass is 325 g/mol. The summed E-state index contributed by atoms with van der Waals surface area (Å²) in [7, 11) is 4.34. The van der Waals surface area contributed by atoms with E-state index in [4.69, 9.17) is 0 Å². The van der Waals surface area contributed by atoms with Crippen LogP contribution in [0.3, 0.4) is 0 Å². The minimum Gasteiger partial charge on any atom is -0.333 e. The van der Waals surface area contributed by atoms with Gasteiger partial charge in [-0.3, -0.25) is 4.79 Å². The van der Waals surface area contributed by atoms with Crippen LogP contribution in [0.2, 0.25) is 0 Å². The van der Waals surface area contributed by atoms with Crippen LogP contribution in [-0.4, -0.2) is 39.6 Å². The second kappa shape index (κ2) is 7.60. The van der Waals surface area contributed by atoms with Crippen molar-refractivity contribution < 1.29 is 15.0 Å². The van der Waals surface area contributed by atoms with Gasteiger partial charge >= 0.3 is 0 Å². The zero-order valence-electron chi connectivity index (χ0n) is 14.5. The fraction of sp³-hybridized carbons (Fsp3) is 0.350. The smallest absolute Gasteiger partial charge is 0.282 e. The third-order valence-corrected chi connectivity index (χ3v) is 4.81. The molecule has 0 spiro atoms. The van der Waals surface area contributed by atoms with Gasteiger partial charge in [-0.05, 0) is 18.1 Å². The molecule has 1 aliphatic rings. The summed E-state index contributed by atoms with van der Waals surface area (Å²) >= 11 is 0. The first-order valence-electron chi connectivity index (χ1n) is 8.71. The first-order valence-corrected chi connectivity index (χ1v) is 8.71. The summed E-state index contributed by atoms with van der Waals surface area (Å²) in [5.74, 6) is 0.209. The first-order chi connectivity index (χ1) is 11.7. The molecule has 3 N–H and O–H groups in total. The molecule has 2 aromatic rings. The number of carbonyl (C=O) groups excluding carboxylic acids is 1. The quantitative estimate of drug-likeness (QED) is 0.773. The van der Waals surface area contributed by atoms with Gasteiger partial charge in [0.1, 0.15) is 6.54 Å². The van der Waals surface area contributed by atoms with Gasteiger partial charge in [0.25, 0.3) is 5.91 Å². The van der Waals surface area contributed by atoms with Gasteiger partial charge in [0, 0.05) is 17.8 Å². The van der Waals surface area contributed by atoms with Gasteiger partial charge in [-0.15, -0.1) is 0 Å². The summed E-state index contributed by atoms with van der Waals surface area (Å²) < 4.78 is 0. The van der Waals surface area contributed by atoms with E-state index in [1.165, 1.54) is 16.0 Å². The van der Waals surface area contributed by atoms with Gasteiger partial charge in [-0.2, -0.15) is 0 Å². The lowest BCUT2D eigenvalue weighted by Crippen LogP contribution is -3.09. The van der Waals surface area contributed by atoms with Gasteiger partial charge < -0.3 is 15.1 Å². The Kier molecular flexibility index (Phi) is 5.28. The molecule has 0 bridgehead atoms. The van der Waals surface area contributed by atoms with Gasteiger partial charge in [0.15, 0.2) is 12.6 Å². The fourth-order valence-corrected chi connectivity index (χ4v) is 3.47. The van der Waals surface area contributed by atoms with Crippen molar-refractivity contribution in [3.8, 4) is 0 Å². The molecule has 3 rings (SSSR count). The number of benzene rings is 2. The summed E-state index contributed by atoms with van der Waals surface area (Å²) in [6.45, 7) is 2.23. The van der Waals surface area contributed by atoms with Gasteiger partial charge in [0.2, 0.25) is 0 Å². The number of para-hydroxylation sites is 1. The van der Waals surface area contributed by atoms with Crippen molar-refractivity contribution in [1.29, 1.82) is 0 Å². The highest BCUT2D eigenvalue weighted by atomic mass is 16.2. The number of hydrogen-bond acceptors (Lipinski definition) is 1. The van der Waals surface area contributed by atoms with Crippen molar-refractivity contribution in [2.75, 3.05) is 38.6 Å². The zero-order chi connectivity index (χ0) is 16.9.